The van der Waals surface area contributed by atoms with Gasteiger partial charge in [-0.25, -0.2) is 9.97 Å². The first kappa shape index (κ1) is 25.3. The van der Waals surface area contributed by atoms with E-state index in [9.17, 15) is 4.79 Å². The number of carbonyl (C=O) groups is 1. The van der Waals surface area contributed by atoms with Crippen molar-refractivity contribution in [3.8, 4) is 17.1 Å². The maximum atomic E-state index is 12.7. The number of carbonyl (C=O) groups excluding carboxylic acids is 1. The van der Waals surface area contributed by atoms with Gasteiger partial charge in [0.1, 0.15) is 12.1 Å². The summed E-state index contributed by atoms with van der Waals surface area (Å²) in [7, 11) is 3.40. The number of hydrogen-bond donors (Lipinski definition) is 2. The standard InChI is InChI=1S/C27H31N9O2/c1-4-23(37)20-15-28-25(31-24-11-10-18(32-33-24)16-36-12-5-6-13-36)14-22(20)30-21-9-7-8-19(26(21)38-3)27-29-17-35(2)34-27/h7-11,14-15,17H,4-6,12-13,16H2,1-3H3,(H2,28,30,31,33). The van der Waals surface area contributed by atoms with Crippen molar-refractivity contribution in [1.82, 2.24) is 34.8 Å². The van der Waals surface area contributed by atoms with Gasteiger partial charge in [0.25, 0.3) is 0 Å². The number of para-hydroxylation sites is 1. The Hall–Kier alpha value is -4.38. The molecule has 1 aliphatic heterocycles. The van der Waals surface area contributed by atoms with E-state index >= 15 is 0 Å². The van der Waals surface area contributed by atoms with Gasteiger partial charge < -0.3 is 15.4 Å². The SMILES string of the molecule is CCC(=O)c1cnc(Nc2ccc(CN3CCCC3)nn2)cc1Nc1cccc(-c2ncn(C)n2)c1OC. The second-order valence-corrected chi connectivity index (χ2v) is 9.16. The molecule has 11 heteroatoms. The number of aromatic nitrogens is 6. The van der Waals surface area contributed by atoms with Crippen LogP contribution in [0.5, 0.6) is 5.75 Å². The fourth-order valence-corrected chi connectivity index (χ4v) is 4.49. The molecule has 4 heterocycles. The van der Waals surface area contributed by atoms with E-state index in [2.05, 4.69) is 40.8 Å². The first-order valence-electron chi connectivity index (χ1n) is 12.7. The van der Waals surface area contributed by atoms with Crippen LogP contribution in [0.4, 0.5) is 23.0 Å². The number of nitrogens with one attached hydrogen (secondary N) is 2. The van der Waals surface area contributed by atoms with E-state index in [-0.39, 0.29) is 5.78 Å². The Morgan fingerprint density at radius 1 is 1.03 bits per heavy atom. The molecule has 1 aromatic carbocycles. The molecule has 5 rings (SSSR count). The summed E-state index contributed by atoms with van der Waals surface area (Å²) in [6, 6.07) is 11.3. The van der Waals surface area contributed by atoms with E-state index < -0.39 is 0 Å². The predicted octanol–water partition coefficient (Wildman–Crippen LogP) is 4.35. The normalized spacial score (nSPS) is 13.4. The van der Waals surface area contributed by atoms with Crippen LogP contribution in [0, 0.1) is 0 Å². The number of pyridine rings is 1. The highest BCUT2D eigenvalue weighted by Gasteiger charge is 2.18. The molecular weight excluding hydrogens is 482 g/mol. The summed E-state index contributed by atoms with van der Waals surface area (Å²) in [6.45, 7) is 4.85. The molecule has 11 nitrogen and oxygen atoms in total. The molecule has 0 bridgehead atoms. The summed E-state index contributed by atoms with van der Waals surface area (Å²) in [6.07, 6.45) is 6.03. The molecule has 0 radical (unpaired) electrons. The minimum atomic E-state index is -0.0286. The number of ether oxygens (including phenoxy) is 1. The molecule has 1 saturated heterocycles. The topological polar surface area (TPSA) is 123 Å². The molecule has 4 aromatic rings. The van der Waals surface area contributed by atoms with Crippen molar-refractivity contribution in [2.24, 2.45) is 7.05 Å². The monoisotopic (exact) mass is 513 g/mol. The van der Waals surface area contributed by atoms with Crippen LogP contribution in [-0.4, -0.2) is 60.8 Å². The van der Waals surface area contributed by atoms with Gasteiger partial charge in [0.15, 0.2) is 23.2 Å². The quantitative estimate of drug-likeness (QED) is 0.296. The highest BCUT2D eigenvalue weighted by atomic mass is 16.5. The second-order valence-electron chi connectivity index (χ2n) is 9.16. The number of aryl methyl sites for hydroxylation is 1. The Labute approximate surface area is 221 Å². The summed E-state index contributed by atoms with van der Waals surface area (Å²) in [5, 5.41) is 19.7. The van der Waals surface area contributed by atoms with Gasteiger partial charge in [-0.1, -0.05) is 13.0 Å². The van der Waals surface area contributed by atoms with Crippen molar-refractivity contribution in [2.45, 2.75) is 32.7 Å². The van der Waals surface area contributed by atoms with Gasteiger partial charge >= 0.3 is 0 Å². The zero-order valence-electron chi connectivity index (χ0n) is 21.8. The van der Waals surface area contributed by atoms with Crippen LogP contribution in [0.1, 0.15) is 42.2 Å². The molecule has 1 aliphatic rings. The van der Waals surface area contributed by atoms with Gasteiger partial charge in [0.2, 0.25) is 0 Å². The lowest BCUT2D eigenvalue weighted by molar-refractivity contribution is 0.0988. The first-order valence-corrected chi connectivity index (χ1v) is 12.7. The van der Waals surface area contributed by atoms with E-state index in [1.54, 1.807) is 30.4 Å². The maximum absolute atomic E-state index is 12.7. The minimum Gasteiger partial charge on any atom is -0.494 e. The van der Waals surface area contributed by atoms with E-state index in [1.807, 2.05) is 44.3 Å². The molecular formula is C27H31N9O2. The van der Waals surface area contributed by atoms with Crippen molar-refractivity contribution in [3.05, 3.63) is 60.2 Å². The average molecular weight is 514 g/mol. The van der Waals surface area contributed by atoms with Gasteiger partial charge in [-0.15, -0.1) is 5.10 Å². The number of Topliss-reactive ketones (excluding diaryl/α,β-unsaturated/α-hetero) is 1. The zero-order chi connectivity index (χ0) is 26.5. The molecule has 1 fully saturated rings. The smallest absolute Gasteiger partial charge is 0.184 e. The van der Waals surface area contributed by atoms with E-state index in [0.717, 1.165) is 30.9 Å². The Balaban J connectivity index is 1.41. The van der Waals surface area contributed by atoms with Crippen molar-refractivity contribution in [2.75, 3.05) is 30.8 Å². The third-order valence-corrected chi connectivity index (χ3v) is 6.41. The predicted molar refractivity (Wildman–Crippen MR) is 145 cm³/mol. The summed E-state index contributed by atoms with van der Waals surface area (Å²) in [5.74, 6) is 2.19. The van der Waals surface area contributed by atoms with Crippen molar-refractivity contribution < 1.29 is 9.53 Å². The lowest BCUT2D eigenvalue weighted by atomic mass is 10.1. The number of hydrogen-bond acceptors (Lipinski definition) is 10. The fraction of sp³-hybridized carbons (Fsp3) is 0.333. The Morgan fingerprint density at radius 2 is 1.87 bits per heavy atom. The van der Waals surface area contributed by atoms with Crippen molar-refractivity contribution in [1.29, 1.82) is 0 Å². The van der Waals surface area contributed by atoms with E-state index in [4.69, 9.17) is 4.74 Å². The van der Waals surface area contributed by atoms with E-state index in [0.29, 0.717) is 46.6 Å². The summed E-state index contributed by atoms with van der Waals surface area (Å²) < 4.78 is 7.37. The minimum absolute atomic E-state index is 0.0286. The third kappa shape index (κ3) is 5.62. The number of methoxy groups -OCH3 is 1. The second kappa shape index (κ2) is 11.3. The first-order chi connectivity index (χ1) is 18.5. The molecule has 0 saturated carbocycles. The molecule has 38 heavy (non-hydrogen) atoms. The average Bonchev–Trinajstić information content (AvgIpc) is 3.61. The zero-order valence-corrected chi connectivity index (χ0v) is 21.8. The van der Waals surface area contributed by atoms with Gasteiger partial charge in [-0.3, -0.25) is 14.4 Å². The van der Waals surface area contributed by atoms with E-state index in [1.165, 1.54) is 12.8 Å². The van der Waals surface area contributed by atoms with Crippen LogP contribution < -0.4 is 15.4 Å². The lowest BCUT2D eigenvalue weighted by Gasteiger charge is -2.17. The molecule has 0 aliphatic carbocycles. The summed E-state index contributed by atoms with van der Waals surface area (Å²) >= 11 is 0. The van der Waals surface area contributed by atoms with Crippen LogP contribution in [-0.2, 0) is 13.6 Å². The highest BCUT2D eigenvalue weighted by Crippen LogP contribution is 2.37. The highest BCUT2D eigenvalue weighted by molar-refractivity contribution is 6.02. The number of rotatable bonds is 10. The molecule has 0 spiro atoms. The van der Waals surface area contributed by atoms with Gasteiger partial charge in [0.05, 0.1) is 35.3 Å². The van der Waals surface area contributed by atoms with Crippen LogP contribution in [0.25, 0.3) is 11.4 Å². The molecule has 3 aromatic heterocycles. The largest absolute Gasteiger partial charge is 0.494 e. The number of likely N-dealkylation sites (tertiary alicyclic amines) is 1. The maximum Gasteiger partial charge on any atom is 0.184 e. The number of benzene rings is 1. The van der Waals surface area contributed by atoms with Crippen molar-refractivity contribution >= 4 is 28.8 Å². The van der Waals surface area contributed by atoms with Gasteiger partial charge in [-0.05, 0) is 50.2 Å². The summed E-state index contributed by atoms with van der Waals surface area (Å²) in [5.41, 5.74) is 3.42. The number of ketones is 1. The molecule has 0 amide bonds. The van der Waals surface area contributed by atoms with Crippen LogP contribution in [0.15, 0.2) is 48.9 Å². The Bertz CT molecular complexity index is 1410. The molecule has 0 atom stereocenters. The number of anilines is 4. The Morgan fingerprint density at radius 3 is 2.55 bits per heavy atom. The van der Waals surface area contributed by atoms with Crippen LogP contribution >= 0.6 is 0 Å². The molecule has 2 N–H and O–H groups in total. The molecule has 196 valence electrons. The lowest BCUT2D eigenvalue weighted by Crippen LogP contribution is -2.19. The molecule has 0 unspecified atom stereocenters. The van der Waals surface area contributed by atoms with Crippen molar-refractivity contribution in [3.63, 3.8) is 0 Å². The fourth-order valence-electron chi connectivity index (χ4n) is 4.49. The summed E-state index contributed by atoms with van der Waals surface area (Å²) in [4.78, 5) is 23.9. The van der Waals surface area contributed by atoms with Crippen LogP contribution in [0.2, 0.25) is 0 Å². The number of nitrogens with zero attached hydrogens (tertiary/aromatic N) is 7. The van der Waals surface area contributed by atoms with Gasteiger partial charge in [0, 0.05) is 32.3 Å². The third-order valence-electron chi connectivity index (χ3n) is 6.41. The van der Waals surface area contributed by atoms with Crippen LogP contribution in [0.3, 0.4) is 0 Å². The van der Waals surface area contributed by atoms with Gasteiger partial charge in [-0.2, -0.15) is 10.2 Å². The Kier molecular flexibility index (Phi) is 7.55.